The molecule has 6 nitrogen and oxygen atoms in total. The average Bonchev–Trinajstić information content (AvgIpc) is 3.23. The van der Waals surface area contributed by atoms with E-state index in [0.717, 1.165) is 37.6 Å². The lowest BCUT2D eigenvalue weighted by molar-refractivity contribution is -0.274. The molecular formula is C17H12F5NO5. The van der Waals surface area contributed by atoms with Crippen LogP contribution in [-0.4, -0.2) is 35.5 Å². The summed E-state index contributed by atoms with van der Waals surface area (Å²) in [6, 6.07) is 3.95. The molecule has 3 rings (SSSR count). The molecule has 1 unspecified atom stereocenters. The molecule has 28 heavy (non-hydrogen) atoms. The predicted molar refractivity (Wildman–Crippen MR) is 83.3 cm³/mol. The van der Waals surface area contributed by atoms with E-state index in [4.69, 9.17) is 9.47 Å². The van der Waals surface area contributed by atoms with E-state index in [1.54, 1.807) is 0 Å². The molecule has 0 bridgehead atoms. The largest absolute Gasteiger partial charge is 0.573 e. The van der Waals surface area contributed by atoms with Crippen LogP contribution >= 0.6 is 0 Å². The van der Waals surface area contributed by atoms with Gasteiger partial charge in [-0.1, -0.05) is 0 Å². The number of pyridine rings is 1. The van der Waals surface area contributed by atoms with Crippen LogP contribution in [0.4, 0.5) is 22.0 Å². The van der Waals surface area contributed by atoms with Crippen LogP contribution in [0.2, 0.25) is 0 Å². The molecule has 0 amide bonds. The number of carbonyl (C=O) groups is 1. The Kier molecular flexibility index (Phi) is 4.77. The van der Waals surface area contributed by atoms with E-state index in [-0.39, 0.29) is 22.9 Å². The lowest BCUT2D eigenvalue weighted by Crippen LogP contribution is -2.17. The molecule has 1 fully saturated rings. The molecule has 0 aliphatic heterocycles. The molecule has 1 aliphatic rings. The number of nitrogens with zero attached hydrogens (tertiary/aromatic N) is 1. The minimum absolute atomic E-state index is 0.0546. The van der Waals surface area contributed by atoms with E-state index in [0.29, 0.717) is 0 Å². The van der Waals surface area contributed by atoms with Gasteiger partial charge in [-0.25, -0.2) is 13.6 Å². The van der Waals surface area contributed by atoms with E-state index in [9.17, 15) is 31.9 Å². The summed E-state index contributed by atoms with van der Waals surface area (Å²) in [5, 5.41) is 9.25. The van der Waals surface area contributed by atoms with Gasteiger partial charge >= 0.3 is 12.3 Å². The Bertz CT molecular complexity index is 915. The van der Waals surface area contributed by atoms with Gasteiger partial charge in [-0.15, -0.1) is 13.2 Å². The van der Waals surface area contributed by atoms with Crippen molar-refractivity contribution in [3.63, 3.8) is 0 Å². The van der Waals surface area contributed by atoms with E-state index in [1.807, 2.05) is 0 Å². The number of ether oxygens (including phenoxy) is 3. The van der Waals surface area contributed by atoms with Crippen molar-refractivity contribution >= 4 is 5.97 Å². The third-order valence-electron chi connectivity index (χ3n) is 3.89. The highest BCUT2D eigenvalue weighted by molar-refractivity contribution is 5.90. The molecule has 1 aromatic heterocycles. The maximum absolute atomic E-state index is 13.3. The molecule has 0 spiro atoms. The van der Waals surface area contributed by atoms with Crippen LogP contribution < -0.4 is 14.2 Å². The molecule has 1 aromatic carbocycles. The van der Waals surface area contributed by atoms with Crippen molar-refractivity contribution in [2.45, 2.75) is 24.6 Å². The number of hydrogen-bond donors (Lipinski definition) is 1. The second kappa shape index (κ2) is 6.80. The number of carboxylic acids is 1. The number of benzene rings is 1. The van der Waals surface area contributed by atoms with Gasteiger partial charge in [0.05, 0.1) is 18.7 Å². The zero-order valence-corrected chi connectivity index (χ0v) is 14.1. The molecule has 1 aliphatic carbocycles. The Morgan fingerprint density at radius 1 is 1.21 bits per heavy atom. The number of aromatic carboxylic acids is 1. The van der Waals surface area contributed by atoms with Gasteiger partial charge in [0.15, 0.2) is 11.5 Å². The molecule has 0 radical (unpaired) electrons. The van der Waals surface area contributed by atoms with Gasteiger partial charge in [0, 0.05) is 24.8 Å². The normalized spacial score (nSPS) is 17.7. The van der Waals surface area contributed by atoms with E-state index in [2.05, 4.69) is 9.72 Å². The third-order valence-corrected chi connectivity index (χ3v) is 3.89. The van der Waals surface area contributed by atoms with Crippen LogP contribution in [-0.2, 0) is 0 Å². The van der Waals surface area contributed by atoms with Gasteiger partial charge in [0.2, 0.25) is 0 Å². The minimum atomic E-state index is -4.92. The lowest BCUT2D eigenvalue weighted by Gasteiger charge is -2.15. The molecule has 1 saturated carbocycles. The second-order valence-electron chi connectivity index (χ2n) is 5.89. The fourth-order valence-electron chi connectivity index (χ4n) is 2.47. The summed E-state index contributed by atoms with van der Waals surface area (Å²) < 4.78 is 77.7. The van der Waals surface area contributed by atoms with Crippen LogP contribution in [0.3, 0.4) is 0 Å². The van der Waals surface area contributed by atoms with Gasteiger partial charge in [-0.05, 0) is 12.1 Å². The van der Waals surface area contributed by atoms with Crippen molar-refractivity contribution in [1.29, 1.82) is 0 Å². The first kappa shape index (κ1) is 19.6. The lowest BCUT2D eigenvalue weighted by atomic mass is 10.2. The fourth-order valence-corrected chi connectivity index (χ4v) is 2.47. The van der Waals surface area contributed by atoms with Crippen molar-refractivity contribution in [2.75, 3.05) is 7.11 Å². The molecule has 11 heteroatoms. The van der Waals surface area contributed by atoms with Crippen LogP contribution in [0.1, 0.15) is 28.4 Å². The van der Waals surface area contributed by atoms with Crippen molar-refractivity contribution < 1.29 is 46.1 Å². The molecule has 0 saturated heterocycles. The van der Waals surface area contributed by atoms with E-state index < -0.39 is 41.9 Å². The summed E-state index contributed by atoms with van der Waals surface area (Å²) in [7, 11) is 1.15. The van der Waals surface area contributed by atoms with Crippen LogP contribution in [0, 0.1) is 0 Å². The van der Waals surface area contributed by atoms with Crippen LogP contribution in [0.25, 0.3) is 0 Å². The predicted octanol–water partition coefficient (Wildman–Crippen LogP) is 4.60. The first-order chi connectivity index (χ1) is 13.0. The van der Waals surface area contributed by atoms with Crippen molar-refractivity contribution in [2.24, 2.45) is 0 Å². The number of rotatable bonds is 6. The van der Waals surface area contributed by atoms with Crippen molar-refractivity contribution in [3.8, 4) is 23.0 Å². The van der Waals surface area contributed by atoms with Gasteiger partial charge < -0.3 is 19.3 Å². The van der Waals surface area contributed by atoms with Crippen molar-refractivity contribution in [1.82, 2.24) is 4.98 Å². The molecular weight excluding hydrogens is 393 g/mol. The van der Waals surface area contributed by atoms with E-state index in [1.165, 1.54) is 0 Å². The van der Waals surface area contributed by atoms with Crippen LogP contribution in [0.15, 0.2) is 30.5 Å². The Balaban J connectivity index is 1.93. The van der Waals surface area contributed by atoms with Gasteiger partial charge in [0.25, 0.3) is 5.92 Å². The summed E-state index contributed by atoms with van der Waals surface area (Å²) in [6.45, 7) is 0. The first-order valence-electron chi connectivity index (χ1n) is 7.73. The van der Waals surface area contributed by atoms with Gasteiger partial charge in [-0.2, -0.15) is 0 Å². The monoisotopic (exact) mass is 405 g/mol. The van der Waals surface area contributed by atoms with Crippen LogP contribution in [0.5, 0.6) is 23.0 Å². The summed E-state index contributed by atoms with van der Waals surface area (Å²) in [6.07, 6.45) is -4.45. The number of alkyl halides is 5. The second-order valence-corrected chi connectivity index (χ2v) is 5.89. The highest BCUT2D eigenvalue weighted by Gasteiger charge is 2.58. The maximum Gasteiger partial charge on any atom is 0.573 e. The number of methoxy groups -OCH3 is 1. The van der Waals surface area contributed by atoms with Gasteiger partial charge in [-0.3, -0.25) is 4.98 Å². The molecule has 150 valence electrons. The highest BCUT2D eigenvalue weighted by atomic mass is 19.4. The Labute approximate surface area is 154 Å². The number of halogens is 5. The van der Waals surface area contributed by atoms with E-state index >= 15 is 0 Å². The van der Waals surface area contributed by atoms with Crippen molar-refractivity contribution in [3.05, 3.63) is 41.7 Å². The topological polar surface area (TPSA) is 77.9 Å². The quantitative estimate of drug-likeness (QED) is 0.708. The Morgan fingerprint density at radius 2 is 1.89 bits per heavy atom. The Hall–Kier alpha value is -3.11. The zero-order valence-electron chi connectivity index (χ0n) is 14.1. The number of carboxylic acid groups (broad SMARTS) is 1. The summed E-state index contributed by atoms with van der Waals surface area (Å²) in [4.78, 5) is 15.1. The molecule has 2 aromatic rings. The minimum Gasteiger partial charge on any atom is -0.493 e. The highest BCUT2D eigenvalue weighted by Crippen LogP contribution is 2.55. The standard InChI is InChI=1S/C17H12F5NO5/c1-26-14-4-8(28-17(20,21)22)2-3-12(14)27-13-5-11(10-6-16(10,18)19)23-7-9(13)15(24)25/h2-5,7,10H,6H2,1H3,(H,24,25). The number of hydrogen-bond acceptors (Lipinski definition) is 5. The number of aromatic nitrogens is 1. The zero-order chi connectivity index (χ0) is 20.7. The average molecular weight is 405 g/mol. The molecule has 1 heterocycles. The SMILES string of the molecule is COc1cc(OC(F)(F)F)ccc1Oc1cc(C2CC2(F)F)ncc1C(=O)O. The Morgan fingerprint density at radius 3 is 2.43 bits per heavy atom. The molecule has 1 atom stereocenters. The fraction of sp³-hybridized carbons (Fsp3) is 0.294. The third kappa shape index (κ3) is 4.24. The first-order valence-corrected chi connectivity index (χ1v) is 7.73. The summed E-state index contributed by atoms with van der Waals surface area (Å²) in [5.41, 5.74) is -0.466. The maximum atomic E-state index is 13.3. The molecule has 1 N–H and O–H groups in total. The summed E-state index contributed by atoms with van der Waals surface area (Å²) in [5.74, 6) is -6.71. The summed E-state index contributed by atoms with van der Waals surface area (Å²) >= 11 is 0. The van der Waals surface area contributed by atoms with Gasteiger partial charge in [0.1, 0.15) is 17.1 Å². The smallest absolute Gasteiger partial charge is 0.493 e.